The highest BCUT2D eigenvalue weighted by atomic mass is 79.9. The molecule has 2 N–H and O–H groups in total. The number of hydrogen-bond acceptors (Lipinski definition) is 4. The van der Waals surface area contributed by atoms with Gasteiger partial charge in [-0.15, -0.1) is 0 Å². The lowest BCUT2D eigenvalue weighted by Crippen LogP contribution is -2.48. The molecule has 2 saturated heterocycles. The predicted molar refractivity (Wildman–Crippen MR) is 90.1 cm³/mol. The Morgan fingerprint density at radius 2 is 1.77 bits per heavy atom. The van der Waals surface area contributed by atoms with E-state index in [-0.39, 0.29) is 11.2 Å². The second-order valence-corrected chi connectivity index (χ2v) is 7.57. The Labute approximate surface area is 140 Å². The number of nitrogen functional groups attached to an aromatic ring is 1. The molecule has 2 fully saturated rings. The van der Waals surface area contributed by atoms with Crippen LogP contribution in [0.4, 0.5) is 5.69 Å². The van der Waals surface area contributed by atoms with E-state index in [2.05, 4.69) is 28.1 Å². The van der Waals surface area contributed by atoms with Crippen LogP contribution in [0.1, 0.15) is 37.2 Å². The molecule has 0 spiro atoms. The Kier molecular flexibility index (Phi) is 4.52. The Bertz CT molecular complexity index is 531. The van der Waals surface area contributed by atoms with Gasteiger partial charge in [-0.3, -0.25) is 0 Å². The van der Waals surface area contributed by atoms with Crippen molar-refractivity contribution in [2.75, 3.05) is 33.2 Å². The number of rotatable bonds is 5. The number of ether oxygens (including phenoxy) is 3. The molecule has 2 aliphatic rings. The molecule has 4 nitrogen and oxygen atoms in total. The van der Waals surface area contributed by atoms with Crippen LogP contribution in [-0.2, 0) is 14.2 Å². The third-order valence-corrected chi connectivity index (χ3v) is 5.70. The van der Waals surface area contributed by atoms with Crippen LogP contribution in [0, 0.1) is 0 Å². The zero-order valence-electron chi connectivity index (χ0n) is 13.2. The summed E-state index contributed by atoms with van der Waals surface area (Å²) in [4.78, 5) is 0. The molecule has 0 amide bonds. The number of methoxy groups -OCH3 is 2. The zero-order valence-corrected chi connectivity index (χ0v) is 14.8. The number of fused-ring (bicyclic) bond motifs is 2. The average molecular weight is 370 g/mol. The molecule has 22 heavy (non-hydrogen) atoms. The lowest BCUT2D eigenvalue weighted by molar-refractivity contribution is -0.184. The first-order valence-electron chi connectivity index (χ1n) is 7.74. The van der Waals surface area contributed by atoms with Crippen LogP contribution in [0.3, 0.4) is 0 Å². The van der Waals surface area contributed by atoms with Crippen molar-refractivity contribution < 1.29 is 14.2 Å². The Balaban J connectivity index is 1.90. The minimum atomic E-state index is -0.177. The van der Waals surface area contributed by atoms with E-state index in [9.17, 15) is 0 Å². The second-order valence-electron chi connectivity index (χ2n) is 6.72. The van der Waals surface area contributed by atoms with E-state index >= 15 is 0 Å². The lowest BCUT2D eigenvalue weighted by Gasteiger charge is -2.44. The number of anilines is 1. The molecule has 1 aromatic carbocycles. The van der Waals surface area contributed by atoms with Crippen LogP contribution in [-0.4, -0.2) is 38.6 Å². The van der Waals surface area contributed by atoms with E-state index in [4.69, 9.17) is 19.9 Å². The first-order chi connectivity index (χ1) is 10.5. The zero-order chi connectivity index (χ0) is 15.8. The summed E-state index contributed by atoms with van der Waals surface area (Å²) in [5.74, 6) is 0.443. The molecule has 122 valence electrons. The molecule has 2 aliphatic heterocycles. The fourth-order valence-corrected chi connectivity index (χ4v) is 4.55. The summed E-state index contributed by atoms with van der Waals surface area (Å²) in [6, 6.07) is 6.26. The van der Waals surface area contributed by atoms with Gasteiger partial charge in [0.2, 0.25) is 0 Å². The van der Waals surface area contributed by atoms with Crippen molar-refractivity contribution in [3.63, 3.8) is 0 Å². The number of halogens is 1. The highest BCUT2D eigenvalue weighted by molar-refractivity contribution is 9.10. The van der Waals surface area contributed by atoms with Crippen molar-refractivity contribution in [1.82, 2.24) is 0 Å². The second kappa shape index (κ2) is 6.11. The van der Waals surface area contributed by atoms with Gasteiger partial charge in [-0.05, 0) is 65.2 Å². The summed E-state index contributed by atoms with van der Waals surface area (Å²) >= 11 is 3.54. The van der Waals surface area contributed by atoms with E-state index in [0.717, 1.165) is 35.8 Å². The fraction of sp³-hybridized carbons (Fsp3) is 0.647. The Morgan fingerprint density at radius 3 is 2.27 bits per heavy atom. The third-order valence-electron chi connectivity index (χ3n) is 5.02. The lowest BCUT2D eigenvalue weighted by atomic mass is 9.80. The van der Waals surface area contributed by atoms with Crippen LogP contribution < -0.4 is 5.73 Å². The topological polar surface area (TPSA) is 53.7 Å². The van der Waals surface area contributed by atoms with Gasteiger partial charge in [0.05, 0.1) is 24.4 Å². The molecule has 3 atom stereocenters. The minimum Gasteiger partial charge on any atom is -0.398 e. The monoisotopic (exact) mass is 369 g/mol. The molecule has 1 unspecified atom stereocenters. The van der Waals surface area contributed by atoms with E-state index in [1.807, 2.05) is 6.07 Å². The molecule has 3 rings (SSSR count). The molecule has 2 bridgehead atoms. The standard InChI is InChI=1S/C17H24BrNO3/c1-20-10-16-5-6-17(22-16,11-21-2)9-13(8-16)12-3-4-15(19)14(18)7-12/h3-4,7,13H,5-6,8-11,19H2,1-2H3/t13?,16-,17+. The highest BCUT2D eigenvalue weighted by Crippen LogP contribution is 2.53. The maximum Gasteiger partial charge on any atom is 0.0930 e. The third kappa shape index (κ3) is 2.92. The van der Waals surface area contributed by atoms with Gasteiger partial charge >= 0.3 is 0 Å². The molecule has 0 saturated carbocycles. The fourth-order valence-electron chi connectivity index (χ4n) is 4.15. The molecule has 5 heteroatoms. The van der Waals surface area contributed by atoms with Crippen molar-refractivity contribution in [3.8, 4) is 0 Å². The first kappa shape index (κ1) is 16.2. The van der Waals surface area contributed by atoms with Gasteiger partial charge in [-0.1, -0.05) is 6.07 Å². The van der Waals surface area contributed by atoms with E-state index in [1.165, 1.54) is 5.56 Å². The van der Waals surface area contributed by atoms with Crippen LogP contribution in [0.25, 0.3) is 0 Å². The van der Waals surface area contributed by atoms with Gasteiger partial charge in [-0.25, -0.2) is 0 Å². The number of hydrogen-bond donors (Lipinski definition) is 1. The van der Waals surface area contributed by atoms with Crippen molar-refractivity contribution >= 4 is 21.6 Å². The van der Waals surface area contributed by atoms with Gasteiger partial charge in [-0.2, -0.15) is 0 Å². The van der Waals surface area contributed by atoms with Crippen LogP contribution in [0.2, 0.25) is 0 Å². The van der Waals surface area contributed by atoms with Gasteiger partial charge in [0.15, 0.2) is 0 Å². The summed E-state index contributed by atoms with van der Waals surface area (Å²) in [5.41, 5.74) is 7.66. The van der Waals surface area contributed by atoms with Crippen molar-refractivity contribution in [2.45, 2.75) is 42.8 Å². The minimum absolute atomic E-state index is 0.177. The Morgan fingerprint density at radius 1 is 1.18 bits per heavy atom. The molecular formula is C17H24BrNO3. The molecular weight excluding hydrogens is 346 g/mol. The number of benzene rings is 1. The molecule has 0 radical (unpaired) electrons. The maximum atomic E-state index is 6.47. The van der Waals surface area contributed by atoms with Crippen LogP contribution in [0.5, 0.6) is 0 Å². The van der Waals surface area contributed by atoms with Gasteiger partial charge in [0, 0.05) is 24.4 Å². The molecule has 0 aromatic heterocycles. The first-order valence-corrected chi connectivity index (χ1v) is 8.54. The summed E-state index contributed by atoms with van der Waals surface area (Å²) in [6.07, 6.45) is 4.05. The summed E-state index contributed by atoms with van der Waals surface area (Å²) in [6.45, 7) is 1.29. The predicted octanol–water partition coefficient (Wildman–Crippen LogP) is 3.49. The SMILES string of the molecule is COC[C@@]12CC[C@@](COC)(CC(c3ccc(N)c(Br)c3)C1)O2. The Hall–Kier alpha value is -0.620. The number of nitrogens with two attached hydrogens (primary N) is 1. The maximum absolute atomic E-state index is 6.47. The van der Waals surface area contributed by atoms with Gasteiger partial charge in [0.25, 0.3) is 0 Å². The molecule has 1 aromatic rings. The quantitative estimate of drug-likeness (QED) is 0.807. The summed E-state index contributed by atoms with van der Waals surface area (Å²) in [7, 11) is 3.50. The van der Waals surface area contributed by atoms with E-state index in [0.29, 0.717) is 19.1 Å². The average Bonchev–Trinajstić information content (AvgIpc) is 2.74. The highest BCUT2D eigenvalue weighted by Gasteiger charge is 2.55. The molecule has 0 aliphatic carbocycles. The van der Waals surface area contributed by atoms with E-state index < -0.39 is 0 Å². The van der Waals surface area contributed by atoms with Crippen molar-refractivity contribution in [1.29, 1.82) is 0 Å². The van der Waals surface area contributed by atoms with Crippen LogP contribution >= 0.6 is 15.9 Å². The summed E-state index contributed by atoms with van der Waals surface area (Å²) < 4.78 is 18.4. The smallest absolute Gasteiger partial charge is 0.0930 e. The van der Waals surface area contributed by atoms with E-state index in [1.54, 1.807) is 14.2 Å². The van der Waals surface area contributed by atoms with Gasteiger partial charge in [0.1, 0.15) is 0 Å². The van der Waals surface area contributed by atoms with Crippen LogP contribution in [0.15, 0.2) is 22.7 Å². The molecule has 2 heterocycles. The van der Waals surface area contributed by atoms with Gasteiger partial charge < -0.3 is 19.9 Å². The largest absolute Gasteiger partial charge is 0.398 e. The normalized spacial score (nSPS) is 34.0. The van der Waals surface area contributed by atoms with Crippen molar-refractivity contribution in [2.24, 2.45) is 0 Å². The van der Waals surface area contributed by atoms with Crippen molar-refractivity contribution in [3.05, 3.63) is 28.2 Å². The summed E-state index contributed by atoms with van der Waals surface area (Å²) in [5, 5.41) is 0.